The zero-order valence-corrected chi connectivity index (χ0v) is 36.3. The van der Waals surface area contributed by atoms with Crippen LogP contribution >= 0.6 is 0 Å². The van der Waals surface area contributed by atoms with Crippen LogP contribution in [0, 0.1) is 0 Å². The Kier molecular flexibility index (Phi) is 24.9. The van der Waals surface area contributed by atoms with Crippen molar-refractivity contribution >= 4 is 51.2 Å². The molecule has 4 aromatic carbocycles. The number of fused-ring (bicyclic) bond motifs is 2. The fraction of sp³-hybridized carbons (Fsp3) is 0.400. The van der Waals surface area contributed by atoms with Gasteiger partial charge in [0.15, 0.2) is 0 Å². The second-order valence-corrected chi connectivity index (χ2v) is 18.1. The average molecular weight is 862 g/mol. The smallest absolute Gasteiger partial charge is 0.270 e. The Bertz CT molecular complexity index is 2360. The van der Waals surface area contributed by atoms with E-state index in [1.54, 1.807) is 36.4 Å². The number of nitrogens with one attached hydrogen (secondary N) is 3. The van der Waals surface area contributed by atoms with E-state index < -0.39 is 0 Å². The van der Waals surface area contributed by atoms with Crippen molar-refractivity contribution < 1.29 is 19.2 Å². The first kappa shape index (κ1) is 63.7. The third-order valence-corrected chi connectivity index (χ3v) is 9.29. The summed E-state index contributed by atoms with van der Waals surface area (Å²) in [7, 11) is 0. The highest BCUT2D eigenvalue weighted by molar-refractivity contribution is 6.21. The van der Waals surface area contributed by atoms with Crippen molar-refractivity contribution in [3.8, 4) is 0 Å². The van der Waals surface area contributed by atoms with Crippen LogP contribution in [0.1, 0.15) is 176 Å². The minimum absolute atomic E-state index is 0. The van der Waals surface area contributed by atoms with Crippen LogP contribution in [0.3, 0.4) is 0 Å². The van der Waals surface area contributed by atoms with Gasteiger partial charge in [-0.25, -0.2) is 0 Å². The molecule has 6 rings (SSSR count). The van der Waals surface area contributed by atoms with Crippen molar-refractivity contribution in [3.63, 3.8) is 0 Å². The SMILES string of the molecule is C.C.C.C.CC(C)(C)c1ccc2c(=O)[nH][nH]c(=O)c2c1.CC(C)(C)c1ccc2c(c1)C(=O)NC2=O.CC(C)(C)c1cccc(C(N)=O)c1.CC(C)(C)c1cccc(C(N)=O)c1.[B].[B]. The predicted molar refractivity (Wildman–Crippen MR) is 267 cm³/mol. The summed E-state index contributed by atoms with van der Waals surface area (Å²) in [5.74, 6) is -1.33. The number of amides is 4. The van der Waals surface area contributed by atoms with Crippen molar-refractivity contribution in [1.29, 1.82) is 0 Å². The van der Waals surface area contributed by atoms with Crippen LogP contribution in [0.5, 0.6) is 0 Å². The molecule has 13 heteroatoms. The Labute approximate surface area is 380 Å². The van der Waals surface area contributed by atoms with Gasteiger partial charge in [0.25, 0.3) is 22.9 Å². The highest BCUT2D eigenvalue weighted by Gasteiger charge is 2.28. The lowest BCUT2D eigenvalue weighted by Gasteiger charge is -2.19. The normalized spacial score (nSPS) is 11.3. The van der Waals surface area contributed by atoms with E-state index in [0.717, 1.165) is 22.3 Å². The molecule has 0 fully saturated rings. The lowest BCUT2D eigenvalue weighted by molar-refractivity contribution is 0.0877. The number of benzene rings is 4. The first-order chi connectivity index (χ1) is 26.1. The first-order valence-corrected chi connectivity index (χ1v) is 18.7. The van der Waals surface area contributed by atoms with Crippen molar-refractivity contribution in [3.05, 3.63) is 150 Å². The molecular formula is C50H73B2N5O6. The van der Waals surface area contributed by atoms with Crippen molar-refractivity contribution in [2.75, 3.05) is 0 Å². The van der Waals surface area contributed by atoms with Crippen LogP contribution in [0.25, 0.3) is 10.8 Å². The number of hydrogen-bond acceptors (Lipinski definition) is 6. The van der Waals surface area contributed by atoms with E-state index in [9.17, 15) is 28.8 Å². The topological polar surface area (TPSA) is 198 Å². The molecule has 1 aromatic heterocycles. The second kappa shape index (κ2) is 24.6. The number of hydrogen-bond donors (Lipinski definition) is 5. The summed E-state index contributed by atoms with van der Waals surface area (Å²) in [6.45, 7) is 25.0. The van der Waals surface area contributed by atoms with Gasteiger partial charge in [-0.2, -0.15) is 0 Å². The highest BCUT2D eigenvalue weighted by Crippen LogP contribution is 2.27. The summed E-state index contributed by atoms with van der Waals surface area (Å²) >= 11 is 0. The molecule has 0 unspecified atom stereocenters. The minimum atomic E-state index is -0.369. The lowest BCUT2D eigenvalue weighted by Crippen LogP contribution is -2.20. The van der Waals surface area contributed by atoms with Crippen LogP contribution in [-0.4, -0.2) is 50.7 Å². The Hall–Kier alpha value is -5.97. The van der Waals surface area contributed by atoms with E-state index in [-0.39, 0.29) is 103 Å². The van der Waals surface area contributed by atoms with Crippen molar-refractivity contribution in [2.45, 2.75) is 134 Å². The van der Waals surface area contributed by atoms with Gasteiger partial charge in [-0.3, -0.25) is 44.3 Å². The van der Waals surface area contributed by atoms with Crippen LogP contribution in [0.15, 0.2) is 94.5 Å². The predicted octanol–water partition coefficient (Wildman–Crippen LogP) is 9.33. The molecule has 4 amide bonds. The molecule has 11 nitrogen and oxygen atoms in total. The third kappa shape index (κ3) is 17.4. The molecule has 0 bridgehead atoms. The molecule has 63 heavy (non-hydrogen) atoms. The maximum absolute atomic E-state index is 11.6. The van der Waals surface area contributed by atoms with E-state index in [1.165, 1.54) is 0 Å². The molecule has 1 aliphatic rings. The van der Waals surface area contributed by atoms with E-state index in [0.29, 0.717) is 33.0 Å². The number of primary amides is 2. The molecule has 340 valence electrons. The van der Waals surface area contributed by atoms with Crippen molar-refractivity contribution in [1.82, 2.24) is 15.5 Å². The molecule has 1 aliphatic heterocycles. The number of H-pyrrole nitrogens is 2. The molecule has 0 saturated carbocycles. The second-order valence-electron chi connectivity index (χ2n) is 18.1. The minimum Gasteiger partial charge on any atom is -0.366 e. The Morgan fingerprint density at radius 3 is 1.14 bits per heavy atom. The van der Waals surface area contributed by atoms with Gasteiger partial charge in [0.1, 0.15) is 0 Å². The summed E-state index contributed by atoms with van der Waals surface area (Å²) in [4.78, 5) is 67.6. The molecule has 0 saturated heterocycles. The fourth-order valence-electron chi connectivity index (χ4n) is 5.56. The fourth-order valence-corrected chi connectivity index (χ4v) is 5.56. The maximum Gasteiger partial charge on any atom is 0.270 e. The van der Waals surface area contributed by atoms with E-state index in [4.69, 9.17) is 11.5 Å². The van der Waals surface area contributed by atoms with E-state index >= 15 is 0 Å². The molecular weight excluding hydrogens is 788 g/mol. The quantitative estimate of drug-likeness (QED) is 0.0865. The maximum atomic E-state index is 11.6. The summed E-state index contributed by atoms with van der Waals surface area (Å²) in [5.41, 5.74) is 16.4. The van der Waals surface area contributed by atoms with E-state index in [2.05, 4.69) is 98.6 Å². The number of aromatic amines is 2. The Balaban J connectivity index is -0.000000358. The van der Waals surface area contributed by atoms with Gasteiger partial charge >= 0.3 is 0 Å². The van der Waals surface area contributed by atoms with Gasteiger partial charge in [0, 0.05) is 28.0 Å². The average Bonchev–Trinajstić information content (AvgIpc) is 3.41. The zero-order chi connectivity index (χ0) is 43.3. The number of aromatic nitrogens is 2. The molecule has 7 N–H and O–H groups in total. The van der Waals surface area contributed by atoms with Gasteiger partial charge in [-0.15, -0.1) is 0 Å². The third-order valence-electron chi connectivity index (χ3n) is 9.29. The molecule has 0 atom stereocenters. The van der Waals surface area contributed by atoms with Crippen LogP contribution in [0.2, 0.25) is 0 Å². The number of rotatable bonds is 2. The number of carbonyl (C=O) groups excluding carboxylic acids is 4. The number of imide groups is 1. The highest BCUT2D eigenvalue weighted by atomic mass is 16.2. The standard InChI is InChI=1S/C12H14N2O2.C12H13NO2.2C11H15NO.4CH4.2B/c1-12(2,3)7-4-5-8-9(6-7)11(16)14-13-10(8)15;1-12(2,3)7-4-5-8-9(6-7)11(15)13-10(8)14;2*1-11(2,3)9-6-4-5-8(7-9)10(12)13;;;;;;/h4-6H,1-3H3,(H,13,15)(H,14,16);4-6H,1-3H3,(H,13,14,15);2*4-7H,1-3H3,(H2,12,13);4*1H4;;. The number of carbonyl (C=O) groups is 4. The van der Waals surface area contributed by atoms with Crippen LogP contribution < -0.4 is 27.9 Å². The summed E-state index contributed by atoms with van der Waals surface area (Å²) < 4.78 is 0. The van der Waals surface area contributed by atoms with Gasteiger partial charge in [0.2, 0.25) is 11.8 Å². The van der Waals surface area contributed by atoms with Gasteiger partial charge in [-0.05, 0) is 92.4 Å². The van der Waals surface area contributed by atoms with Crippen LogP contribution in [0.4, 0.5) is 0 Å². The summed E-state index contributed by atoms with van der Waals surface area (Å²) in [5, 5.41) is 7.79. The molecule has 0 aliphatic carbocycles. The molecule has 2 heterocycles. The molecule has 6 radical (unpaired) electrons. The number of nitrogens with two attached hydrogens (primary N) is 2. The van der Waals surface area contributed by atoms with Gasteiger partial charge < -0.3 is 11.5 Å². The van der Waals surface area contributed by atoms with Gasteiger partial charge in [-0.1, -0.05) is 149 Å². The first-order valence-electron chi connectivity index (χ1n) is 18.7. The van der Waals surface area contributed by atoms with Crippen LogP contribution in [-0.2, 0) is 21.7 Å². The van der Waals surface area contributed by atoms with Gasteiger partial charge in [0.05, 0.1) is 21.9 Å². The lowest BCUT2D eigenvalue weighted by atomic mass is 9.85. The Morgan fingerprint density at radius 1 is 0.429 bits per heavy atom. The monoisotopic (exact) mass is 862 g/mol. The zero-order valence-electron chi connectivity index (χ0n) is 36.3. The molecule has 5 aromatic rings. The van der Waals surface area contributed by atoms with E-state index in [1.807, 2.05) is 48.5 Å². The summed E-state index contributed by atoms with van der Waals surface area (Å²) in [6, 6.07) is 25.7. The molecule has 0 spiro atoms. The largest absolute Gasteiger partial charge is 0.366 e. The Morgan fingerprint density at radius 2 is 0.762 bits per heavy atom. The summed E-state index contributed by atoms with van der Waals surface area (Å²) in [6.07, 6.45) is 0. The van der Waals surface area contributed by atoms with Crippen molar-refractivity contribution in [2.24, 2.45) is 11.5 Å².